The van der Waals surface area contributed by atoms with Gasteiger partial charge in [0.25, 0.3) is 15.9 Å². The highest BCUT2D eigenvalue weighted by Crippen LogP contribution is 2.24. The monoisotopic (exact) mass is 342 g/mol. The molecule has 122 valence electrons. The maximum absolute atomic E-state index is 11.8. The summed E-state index contributed by atoms with van der Waals surface area (Å²) in [6.07, 6.45) is 14.1. The summed E-state index contributed by atoms with van der Waals surface area (Å²) in [5, 5.41) is 3.96. The van der Waals surface area contributed by atoms with Crippen molar-refractivity contribution in [2.24, 2.45) is 4.99 Å². The number of amides is 1. The molecule has 7 nitrogen and oxygen atoms in total. The molecule has 2 heterocycles. The zero-order valence-electron chi connectivity index (χ0n) is 12.5. The van der Waals surface area contributed by atoms with Crippen molar-refractivity contribution in [2.45, 2.75) is 0 Å². The highest BCUT2D eigenvalue weighted by Gasteiger charge is 2.13. The molecule has 1 aromatic rings. The highest BCUT2D eigenvalue weighted by atomic mass is 32.2. The molecule has 3 rings (SSSR count). The van der Waals surface area contributed by atoms with E-state index in [1.165, 1.54) is 24.6 Å². The van der Waals surface area contributed by atoms with Gasteiger partial charge in [0.1, 0.15) is 0 Å². The second-order valence-corrected chi connectivity index (χ2v) is 6.43. The Morgan fingerprint density at radius 1 is 1.12 bits per heavy atom. The molecule has 0 unspecified atom stereocenters. The Morgan fingerprint density at radius 2 is 2.00 bits per heavy atom. The van der Waals surface area contributed by atoms with Crippen molar-refractivity contribution in [1.82, 2.24) is 14.6 Å². The Labute approximate surface area is 139 Å². The summed E-state index contributed by atoms with van der Waals surface area (Å²) in [4.78, 5) is 15.7. The van der Waals surface area contributed by atoms with Gasteiger partial charge in [0, 0.05) is 36.6 Å². The van der Waals surface area contributed by atoms with E-state index in [1.54, 1.807) is 12.3 Å². The standard InChI is InChI=1S/C16H14N4O3S/c21-16-7-4-13-3-1-11-20(13)15-6-5-14(15)18-10-9-17-8-2-12-24(22,23)19-16/h1-12,18H,(H,19,21). The van der Waals surface area contributed by atoms with Crippen molar-refractivity contribution >= 4 is 33.9 Å². The van der Waals surface area contributed by atoms with E-state index >= 15 is 0 Å². The van der Waals surface area contributed by atoms with Crippen LogP contribution in [-0.4, -0.2) is 25.1 Å². The van der Waals surface area contributed by atoms with Crippen LogP contribution >= 0.6 is 0 Å². The van der Waals surface area contributed by atoms with E-state index in [2.05, 4.69) is 10.3 Å². The lowest BCUT2D eigenvalue weighted by Crippen LogP contribution is -2.27. The van der Waals surface area contributed by atoms with E-state index in [4.69, 9.17) is 0 Å². The third-order valence-corrected chi connectivity index (χ3v) is 4.20. The molecular formula is C16H14N4O3S. The number of sulfonamides is 1. The van der Waals surface area contributed by atoms with Crippen molar-refractivity contribution in [3.05, 3.63) is 71.8 Å². The summed E-state index contributed by atoms with van der Waals surface area (Å²) in [5.74, 6) is -0.729. The topological polar surface area (TPSA) is 92.6 Å². The van der Waals surface area contributed by atoms with E-state index in [0.29, 0.717) is 0 Å². The molecule has 0 fully saturated rings. The van der Waals surface area contributed by atoms with E-state index in [0.717, 1.165) is 22.5 Å². The van der Waals surface area contributed by atoms with Crippen LogP contribution in [0, 0.1) is 0 Å². The Morgan fingerprint density at radius 3 is 2.79 bits per heavy atom. The van der Waals surface area contributed by atoms with Crippen LogP contribution in [0.3, 0.4) is 0 Å². The fraction of sp³-hybridized carbons (Fsp3) is 0. The zero-order chi connectivity index (χ0) is 17.0. The van der Waals surface area contributed by atoms with Crippen LogP contribution < -0.4 is 10.0 Å². The van der Waals surface area contributed by atoms with Crippen LogP contribution in [0.2, 0.25) is 0 Å². The second-order valence-electron chi connectivity index (χ2n) is 4.87. The van der Waals surface area contributed by atoms with Gasteiger partial charge in [-0.25, -0.2) is 13.1 Å². The Bertz CT molecular complexity index is 944. The molecule has 2 aliphatic rings. The Balaban J connectivity index is 1.96. The first kappa shape index (κ1) is 15.8. The molecule has 1 amide bonds. The van der Waals surface area contributed by atoms with Crippen LogP contribution in [0.4, 0.5) is 0 Å². The summed E-state index contributed by atoms with van der Waals surface area (Å²) in [5.41, 5.74) is 2.57. The number of aliphatic imine (C=N–C) groups is 1. The summed E-state index contributed by atoms with van der Waals surface area (Å²) in [6.45, 7) is 0. The molecule has 0 radical (unpaired) electrons. The number of fused-ring (bicyclic) bond motifs is 2. The van der Waals surface area contributed by atoms with Crippen LogP contribution in [0.15, 0.2) is 71.1 Å². The largest absolute Gasteiger partial charge is 0.359 e. The van der Waals surface area contributed by atoms with Crippen molar-refractivity contribution in [2.75, 3.05) is 0 Å². The predicted molar refractivity (Wildman–Crippen MR) is 92.8 cm³/mol. The van der Waals surface area contributed by atoms with Gasteiger partial charge in [-0.1, -0.05) is 0 Å². The minimum absolute atomic E-state index is 0.729. The fourth-order valence-electron chi connectivity index (χ4n) is 2.10. The fourth-order valence-corrected chi connectivity index (χ4v) is 2.79. The minimum Gasteiger partial charge on any atom is -0.359 e. The van der Waals surface area contributed by atoms with Crippen molar-refractivity contribution in [3.8, 4) is 0 Å². The molecule has 1 aliphatic heterocycles. The molecule has 2 N–H and O–H groups in total. The number of nitrogens with zero attached hydrogens (tertiary/aromatic N) is 2. The lowest BCUT2D eigenvalue weighted by atomic mass is 10.1. The number of rotatable bonds is 0. The first-order valence-electron chi connectivity index (χ1n) is 7.01. The summed E-state index contributed by atoms with van der Waals surface area (Å²) in [6, 6.07) is 3.65. The quantitative estimate of drug-likeness (QED) is 0.744. The number of hydrogen-bond acceptors (Lipinski definition) is 5. The van der Waals surface area contributed by atoms with Gasteiger partial charge in [-0.15, -0.1) is 0 Å². The van der Waals surface area contributed by atoms with Gasteiger partial charge in [-0.05, 0) is 36.4 Å². The molecule has 0 bridgehead atoms. The molecule has 24 heavy (non-hydrogen) atoms. The summed E-state index contributed by atoms with van der Waals surface area (Å²) in [7, 11) is -3.86. The minimum atomic E-state index is -3.86. The molecule has 0 saturated carbocycles. The van der Waals surface area contributed by atoms with Gasteiger partial charge in [-0.2, -0.15) is 0 Å². The average molecular weight is 342 g/mol. The van der Waals surface area contributed by atoms with Crippen molar-refractivity contribution in [3.63, 3.8) is 0 Å². The van der Waals surface area contributed by atoms with E-state index in [9.17, 15) is 13.2 Å². The lowest BCUT2D eigenvalue weighted by Gasteiger charge is -2.19. The van der Waals surface area contributed by atoms with Gasteiger partial charge in [0.15, 0.2) is 0 Å². The van der Waals surface area contributed by atoms with Crippen molar-refractivity contribution in [1.29, 1.82) is 0 Å². The van der Waals surface area contributed by atoms with Gasteiger partial charge < -0.3 is 9.88 Å². The molecule has 1 aromatic heterocycles. The smallest absolute Gasteiger partial charge is 0.257 e. The van der Waals surface area contributed by atoms with E-state index in [-0.39, 0.29) is 0 Å². The summed E-state index contributed by atoms with van der Waals surface area (Å²) >= 11 is 0. The highest BCUT2D eigenvalue weighted by molar-refractivity contribution is 7.93. The lowest BCUT2D eigenvalue weighted by molar-refractivity contribution is -0.114. The maximum Gasteiger partial charge on any atom is 0.257 e. The molecule has 0 atom stereocenters. The SMILES string of the molecule is O=C1C=Cc2cccn2C2=C(C=C2)NC=CN=CC=CS(=O)(=O)N1. The zero-order valence-corrected chi connectivity index (χ0v) is 13.3. The van der Waals surface area contributed by atoms with E-state index < -0.39 is 15.9 Å². The number of allylic oxidation sites excluding steroid dienone is 4. The van der Waals surface area contributed by atoms with Crippen LogP contribution in [0.25, 0.3) is 11.8 Å². The molecule has 8 heteroatoms. The first-order valence-corrected chi connectivity index (χ1v) is 8.56. The summed E-state index contributed by atoms with van der Waals surface area (Å²) < 4.78 is 27.2. The Hall–Kier alpha value is -3.13. The maximum atomic E-state index is 11.8. The number of nitrogens with one attached hydrogen (secondary N) is 2. The molecule has 0 aromatic carbocycles. The van der Waals surface area contributed by atoms with Crippen LogP contribution in [-0.2, 0) is 14.8 Å². The molecule has 1 aliphatic carbocycles. The van der Waals surface area contributed by atoms with Crippen LogP contribution in [0.5, 0.6) is 0 Å². The first-order chi connectivity index (χ1) is 11.6. The number of carbonyl (C=O) groups excluding carboxylic acids is 1. The molecule has 0 saturated heterocycles. The van der Waals surface area contributed by atoms with E-state index in [1.807, 2.05) is 39.8 Å². The number of carbonyl (C=O) groups is 1. The molecule has 0 spiro atoms. The van der Waals surface area contributed by atoms with Gasteiger partial charge >= 0.3 is 0 Å². The van der Waals surface area contributed by atoms with Gasteiger partial charge in [0.2, 0.25) is 0 Å². The van der Waals surface area contributed by atoms with Crippen molar-refractivity contribution < 1.29 is 13.2 Å². The third kappa shape index (κ3) is 3.61. The normalized spacial score (nSPS) is 19.2. The predicted octanol–water partition coefficient (Wildman–Crippen LogP) is 1.34. The number of hydrogen-bond donors (Lipinski definition) is 2. The van der Waals surface area contributed by atoms with Crippen LogP contribution in [0.1, 0.15) is 5.69 Å². The third-order valence-electron chi connectivity index (χ3n) is 3.20. The van der Waals surface area contributed by atoms with Gasteiger partial charge in [-0.3, -0.25) is 9.79 Å². The van der Waals surface area contributed by atoms with Gasteiger partial charge in [0.05, 0.1) is 16.8 Å². The molecular weight excluding hydrogens is 328 g/mol. The average Bonchev–Trinajstić information content (AvgIpc) is 2.93. The second kappa shape index (κ2) is 6.55. The number of aromatic nitrogens is 1. The Kier molecular flexibility index (Phi) is 4.30.